The summed E-state index contributed by atoms with van der Waals surface area (Å²) in [6.07, 6.45) is -2.97. The molecule has 0 saturated heterocycles. The molecule has 0 amide bonds. The number of nitrogens with one attached hydrogen (secondary N) is 1. The molecule has 2 aromatic rings. The number of aromatic nitrogens is 2. The van der Waals surface area contributed by atoms with Crippen LogP contribution in [0.2, 0.25) is 0 Å². The molecule has 0 aliphatic rings. The molecule has 0 radical (unpaired) electrons. The van der Waals surface area contributed by atoms with E-state index in [4.69, 9.17) is 5.26 Å². The average molecular weight is 282 g/mol. The van der Waals surface area contributed by atoms with Crippen LogP contribution in [0.5, 0.6) is 0 Å². The second-order valence-corrected chi connectivity index (χ2v) is 3.89. The Kier molecular flexibility index (Phi) is 3.89. The molecule has 0 saturated carbocycles. The van der Waals surface area contributed by atoms with Gasteiger partial charge in [-0.3, -0.25) is 0 Å². The molecule has 1 aromatic carbocycles. The maximum atomic E-state index is 12.7. The smallest absolute Gasteiger partial charge is 0.385 e. The minimum Gasteiger partial charge on any atom is -0.385 e. The van der Waals surface area contributed by atoms with E-state index < -0.39 is 17.3 Å². The maximum Gasteiger partial charge on any atom is 0.417 e. The lowest BCUT2D eigenvalue weighted by Crippen LogP contribution is -2.10. The molecule has 0 unspecified atom stereocenters. The highest BCUT2D eigenvalue weighted by Crippen LogP contribution is 2.33. The maximum absolute atomic E-state index is 12.7. The number of nitriles is 1. The Morgan fingerprint density at radius 3 is 2.75 bits per heavy atom. The number of halogens is 3. The molecular weight excluding hydrogens is 273 g/mol. The Morgan fingerprint density at radius 2 is 2.15 bits per heavy atom. The summed E-state index contributed by atoms with van der Waals surface area (Å²) >= 11 is 0. The van der Waals surface area contributed by atoms with Gasteiger partial charge in [0.05, 0.1) is 17.2 Å². The van der Waals surface area contributed by atoms with E-state index in [9.17, 15) is 13.2 Å². The number of hydrogen-bond acceptors (Lipinski definition) is 5. The minimum atomic E-state index is -4.56. The number of nitrogens with zero attached hydrogens (tertiary/aromatic N) is 3. The largest absolute Gasteiger partial charge is 0.417 e. The quantitative estimate of drug-likeness (QED) is 0.933. The topological polar surface area (TPSA) is 74.7 Å². The predicted octanol–water partition coefficient (Wildman–Crippen LogP) is 2.61. The van der Waals surface area contributed by atoms with E-state index in [1.165, 1.54) is 18.5 Å². The third-order valence-electron chi connectivity index (χ3n) is 2.53. The van der Waals surface area contributed by atoms with Gasteiger partial charge >= 0.3 is 6.18 Å². The van der Waals surface area contributed by atoms with Crippen LogP contribution >= 0.6 is 0 Å². The van der Waals surface area contributed by atoms with Crippen molar-refractivity contribution in [2.75, 3.05) is 11.9 Å². The van der Waals surface area contributed by atoms with E-state index in [2.05, 4.69) is 20.0 Å². The van der Waals surface area contributed by atoms with Crippen LogP contribution in [0, 0.1) is 11.3 Å². The summed E-state index contributed by atoms with van der Waals surface area (Å²) in [7, 11) is 0. The van der Waals surface area contributed by atoms with Gasteiger partial charge in [0, 0.05) is 18.7 Å². The van der Waals surface area contributed by atoms with Gasteiger partial charge in [-0.15, -0.1) is 0 Å². The van der Waals surface area contributed by atoms with Crippen molar-refractivity contribution in [3.63, 3.8) is 0 Å². The molecule has 0 aliphatic heterocycles. The zero-order valence-corrected chi connectivity index (χ0v) is 10.1. The Hall–Kier alpha value is -2.56. The zero-order valence-electron chi connectivity index (χ0n) is 10.1. The lowest BCUT2D eigenvalue weighted by molar-refractivity contribution is -0.137. The fourth-order valence-corrected chi connectivity index (χ4v) is 1.61. The standard InChI is InChI=1S/C12H9F3N4O/c13-12(14,15)10-5-9(2-1-8(10)6-16)17-4-3-11-18-7-20-19-11/h1-2,5,7,17H,3-4H2. The van der Waals surface area contributed by atoms with Gasteiger partial charge < -0.3 is 9.84 Å². The summed E-state index contributed by atoms with van der Waals surface area (Å²) in [6.45, 7) is 0.350. The lowest BCUT2D eigenvalue weighted by atomic mass is 10.1. The Balaban J connectivity index is 2.07. The molecule has 0 atom stereocenters. The molecule has 104 valence electrons. The minimum absolute atomic E-state index is 0.278. The highest BCUT2D eigenvalue weighted by molar-refractivity contribution is 5.53. The van der Waals surface area contributed by atoms with Gasteiger partial charge in [0.2, 0.25) is 6.39 Å². The van der Waals surface area contributed by atoms with Gasteiger partial charge in [0.15, 0.2) is 5.82 Å². The van der Waals surface area contributed by atoms with Gasteiger partial charge in [0.1, 0.15) is 0 Å². The Bertz CT molecular complexity index is 617. The number of anilines is 1. The van der Waals surface area contributed by atoms with Crippen molar-refractivity contribution >= 4 is 5.69 Å². The summed E-state index contributed by atoms with van der Waals surface area (Å²) in [5, 5.41) is 15.1. The first-order valence-corrected chi connectivity index (χ1v) is 5.61. The average Bonchev–Trinajstić information content (AvgIpc) is 2.91. The predicted molar refractivity (Wildman–Crippen MR) is 62.7 cm³/mol. The molecule has 1 aromatic heterocycles. The first kappa shape index (κ1) is 13.9. The van der Waals surface area contributed by atoms with Crippen LogP contribution < -0.4 is 5.32 Å². The first-order chi connectivity index (χ1) is 9.50. The third-order valence-corrected chi connectivity index (χ3v) is 2.53. The van der Waals surface area contributed by atoms with E-state index in [1.54, 1.807) is 0 Å². The van der Waals surface area contributed by atoms with Crippen molar-refractivity contribution < 1.29 is 17.7 Å². The van der Waals surface area contributed by atoms with Crippen molar-refractivity contribution in [3.8, 4) is 6.07 Å². The number of alkyl halides is 3. The normalized spacial score (nSPS) is 11.1. The van der Waals surface area contributed by atoms with E-state index >= 15 is 0 Å². The summed E-state index contributed by atoms with van der Waals surface area (Å²) in [6, 6.07) is 5.00. The van der Waals surface area contributed by atoms with Crippen molar-refractivity contribution in [1.82, 2.24) is 10.1 Å². The van der Waals surface area contributed by atoms with Gasteiger partial charge in [-0.2, -0.15) is 23.4 Å². The summed E-state index contributed by atoms with van der Waals surface area (Å²) < 4.78 is 42.8. The third kappa shape index (κ3) is 3.26. The van der Waals surface area contributed by atoms with Crippen LogP contribution in [0.15, 0.2) is 29.1 Å². The molecule has 2 rings (SSSR count). The lowest BCUT2D eigenvalue weighted by Gasteiger charge is -2.11. The Morgan fingerprint density at radius 1 is 1.35 bits per heavy atom. The van der Waals surface area contributed by atoms with Crippen molar-refractivity contribution in [1.29, 1.82) is 5.26 Å². The summed E-state index contributed by atoms with van der Waals surface area (Å²) in [5.41, 5.74) is -1.08. The Labute approximate surface area is 112 Å². The monoisotopic (exact) mass is 282 g/mol. The van der Waals surface area contributed by atoms with Crippen LogP contribution in [-0.4, -0.2) is 16.7 Å². The molecule has 0 spiro atoms. The zero-order chi connectivity index (χ0) is 14.6. The molecular formula is C12H9F3N4O. The van der Waals surface area contributed by atoms with Crippen molar-refractivity contribution in [2.24, 2.45) is 0 Å². The van der Waals surface area contributed by atoms with Gasteiger partial charge in [-0.25, -0.2) is 0 Å². The van der Waals surface area contributed by atoms with Crippen molar-refractivity contribution in [2.45, 2.75) is 12.6 Å². The van der Waals surface area contributed by atoms with Crippen LogP contribution in [0.3, 0.4) is 0 Å². The second-order valence-electron chi connectivity index (χ2n) is 3.89. The van der Waals surface area contributed by atoms with E-state index in [0.717, 1.165) is 12.1 Å². The van der Waals surface area contributed by atoms with Gasteiger partial charge in [0.25, 0.3) is 0 Å². The van der Waals surface area contributed by atoms with Crippen LogP contribution in [0.25, 0.3) is 0 Å². The van der Waals surface area contributed by atoms with E-state index in [0.29, 0.717) is 18.8 Å². The first-order valence-electron chi connectivity index (χ1n) is 5.61. The SMILES string of the molecule is N#Cc1ccc(NCCc2ncon2)cc1C(F)(F)F. The van der Waals surface area contributed by atoms with Crippen LogP contribution in [0.1, 0.15) is 17.0 Å². The number of rotatable bonds is 4. The molecule has 1 heterocycles. The summed E-state index contributed by atoms with van der Waals surface area (Å²) in [4.78, 5) is 3.79. The molecule has 0 bridgehead atoms. The molecule has 20 heavy (non-hydrogen) atoms. The highest BCUT2D eigenvalue weighted by atomic mass is 19.4. The number of benzene rings is 1. The fraction of sp³-hybridized carbons (Fsp3) is 0.250. The van der Waals surface area contributed by atoms with Gasteiger partial charge in [-0.05, 0) is 18.2 Å². The van der Waals surface area contributed by atoms with E-state index in [1.807, 2.05) is 0 Å². The molecule has 8 heteroatoms. The van der Waals surface area contributed by atoms with Crippen molar-refractivity contribution in [3.05, 3.63) is 41.5 Å². The van der Waals surface area contributed by atoms with Crippen LogP contribution in [0.4, 0.5) is 18.9 Å². The fourth-order valence-electron chi connectivity index (χ4n) is 1.61. The molecule has 0 fully saturated rings. The highest BCUT2D eigenvalue weighted by Gasteiger charge is 2.33. The molecule has 5 nitrogen and oxygen atoms in total. The molecule has 1 N–H and O–H groups in total. The second kappa shape index (κ2) is 5.61. The summed E-state index contributed by atoms with van der Waals surface area (Å²) in [5.74, 6) is 0.460. The van der Waals surface area contributed by atoms with Gasteiger partial charge in [-0.1, -0.05) is 5.16 Å². The molecule has 0 aliphatic carbocycles. The number of hydrogen-bond donors (Lipinski definition) is 1. The van der Waals surface area contributed by atoms with E-state index in [-0.39, 0.29) is 5.69 Å². The van der Waals surface area contributed by atoms with Crippen LogP contribution in [-0.2, 0) is 12.6 Å².